The van der Waals surface area contributed by atoms with Gasteiger partial charge in [-0.2, -0.15) is 5.26 Å². The summed E-state index contributed by atoms with van der Waals surface area (Å²) in [6.07, 6.45) is 1.48. The van der Waals surface area contributed by atoms with E-state index in [4.69, 9.17) is 10.4 Å². The van der Waals surface area contributed by atoms with Gasteiger partial charge in [0, 0.05) is 11.9 Å². The number of hydrogen-bond acceptors (Lipinski definition) is 4. The van der Waals surface area contributed by atoms with Gasteiger partial charge in [0.05, 0.1) is 22.2 Å². The van der Waals surface area contributed by atoms with Gasteiger partial charge < -0.3 is 5.11 Å². The Morgan fingerprint density at radius 2 is 2.21 bits per heavy atom. The Morgan fingerprint density at radius 3 is 2.95 bits per heavy atom. The molecular weight excluding hydrogens is 260 g/mol. The summed E-state index contributed by atoms with van der Waals surface area (Å²) in [5.41, 5.74) is 1.85. The summed E-state index contributed by atoms with van der Waals surface area (Å²) in [6, 6.07) is 12.4. The minimum absolute atomic E-state index is 0.225. The Balaban J connectivity index is 2.08. The molecule has 1 aromatic heterocycles. The summed E-state index contributed by atoms with van der Waals surface area (Å²) >= 11 is 1.44. The number of nitriles is 1. The molecule has 1 aromatic carbocycles. The number of carboxylic acid groups (broad SMARTS) is 1. The zero-order valence-electron chi connectivity index (χ0n) is 9.91. The van der Waals surface area contributed by atoms with Gasteiger partial charge in [-0.1, -0.05) is 12.1 Å². The molecule has 0 unspecified atom stereocenters. The van der Waals surface area contributed by atoms with E-state index in [1.807, 2.05) is 18.2 Å². The van der Waals surface area contributed by atoms with Gasteiger partial charge in [-0.15, -0.1) is 11.8 Å². The number of pyridine rings is 1. The molecule has 0 spiro atoms. The second-order valence-electron chi connectivity index (χ2n) is 3.79. The van der Waals surface area contributed by atoms with Gasteiger partial charge >= 0.3 is 5.97 Å². The van der Waals surface area contributed by atoms with Crippen LogP contribution in [0.15, 0.2) is 47.6 Å². The molecule has 94 valence electrons. The molecule has 0 aliphatic carbocycles. The fourth-order valence-corrected chi connectivity index (χ4v) is 2.35. The number of carbonyl (C=O) groups is 1. The number of aromatic carboxylic acids is 1. The first-order valence-corrected chi connectivity index (χ1v) is 6.49. The largest absolute Gasteiger partial charge is 0.478 e. The standard InChI is InChI=1S/C14H10N2O2S/c15-8-10-2-1-3-11(6-10)9-19-13-7-12(14(17)18)4-5-16-13/h1-7H,9H2,(H,17,18). The van der Waals surface area contributed by atoms with E-state index >= 15 is 0 Å². The molecule has 0 aliphatic rings. The minimum Gasteiger partial charge on any atom is -0.478 e. The van der Waals surface area contributed by atoms with Crippen LogP contribution < -0.4 is 0 Å². The van der Waals surface area contributed by atoms with Crippen LogP contribution in [0.3, 0.4) is 0 Å². The molecule has 0 aliphatic heterocycles. The molecule has 0 bridgehead atoms. The quantitative estimate of drug-likeness (QED) is 0.864. The molecule has 1 heterocycles. The smallest absolute Gasteiger partial charge is 0.335 e. The Labute approximate surface area is 114 Å². The monoisotopic (exact) mass is 270 g/mol. The van der Waals surface area contributed by atoms with Crippen molar-refractivity contribution >= 4 is 17.7 Å². The first kappa shape index (κ1) is 13.1. The van der Waals surface area contributed by atoms with E-state index in [1.54, 1.807) is 12.1 Å². The Bertz CT molecular complexity index is 650. The van der Waals surface area contributed by atoms with Crippen LogP contribution in [0.4, 0.5) is 0 Å². The van der Waals surface area contributed by atoms with E-state index < -0.39 is 5.97 Å². The summed E-state index contributed by atoms with van der Waals surface area (Å²) in [4.78, 5) is 15.0. The highest BCUT2D eigenvalue weighted by atomic mass is 32.2. The van der Waals surface area contributed by atoms with Crippen molar-refractivity contribution in [2.45, 2.75) is 10.8 Å². The summed E-state index contributed by atoms with van der Waals surface area (Å²) in [6.45, 7) is 0. The average Bonchev–Trinajstić information content (AvgIpc) is 2.45. The van der Waals surface area contributed by atoms with Crippen LogP contribution in [0.2, 0.25) is 0 Å². The maximum atomic E-state index is 10.8. The zero-order chi connectivity index (χ0) is 13.7. The zero-order valence-corrected chi connectivity index (χ0v) is 10.7. The third-order valence-electron chi connectivity index (χ3n) is 2.42. The van der Waals surface area contributed by atoms with Crippen molar-refractivity contribution in [1.29, 1.82) is 5.26 Å². The maximum absolute atomic E-state index is 10.8. The van der Waals surface area contributed by atoms with Crippen LogP contribution >= 0.6 is 11.8 Å². The number of benzene rings is 1. The second-order valence-corrected chi connectivity index (χ2v) is 4.78. The van der Waals surface area contributed by atoms with Gasteiger partial charge in [0.1, 0.15) is 0 Å². The van der Waals surface area contributed by atoms with Crippen molar-refractivity contribution < 1.29 is 9.90 Å². The molecule has 19 heavy (non-hydrogen) atoms. The highest BCUT2D eigenvalue weighted by Gasteiger charge is 2.05. The van der Waals surface area contributed by atoms with Crippen molar-refractivity contribution in [2.75, 3.05) is 0 Å². The SMILES string of the molecule is N#Cc1cccc(CSc2cc(C(=O)O)ccn2)c1. The molecule has 0 radical (unpaired) electrons. The lowest BCUT2D eigenvalue weighted by Gasteiger charge is -2.02. The molecule has 4 nitrogen and oxygen atoms in total. The molecule has 0 amide bonds. The van der Waals surface area contributed by atoms with E-state index in [0.717, 1.165) is 5.56 Å². The normalized spacial score (nSPS) is 9.84. The van der Waals surface area contributed by atoms with Crippen LogP contribution in [0.5, 0.6) is 0 Å². The lowest BCUT2D eigenvalue weighted by molar-refractivity contribution is 0.0696. The molecule has 0 fully saturated rings. The molecule has 2 rings (SSSR count). The van der Waals surface area contributed by atoms with E-state index in [1.165, 1.54) is 24.0 Å². The predicted molar refractivity (Wildman–Crippen MR) is 71.9 cm³/mol. The van der Waals surface area contributed by atoms with Crippen LogP contribution in [0.25, 0.3) is 0 Å². The van der Waals surface area contributed by atoms with Crippen molar-refractivity contribution in [3.05, 3.63) is 59.3 Å². The van der Waals surface area contributed by atoms with Gasteiger partial charge in [0.2, 0.25) is 0 Å². The summed E-state index contributed by atoms with van der Waals surface area (Å²) in [7, 11) is 0. The van der Waals surface area contributed by atoms with Crippen LogP contribution in [0.1, 0.15) is 21.5 Å². The van der Waals surface area contributed by atoms with Crippen molar-refractivity contribution in [3.8, 4) is 6.07 Å². The molecule has 2 aromatic rings. The lowest BCUT2D eigenvalue weighted by atomic mass is 10.2. The van der Waals surface area contributed by atoms with Gasteiger partial charge in [0.15, 0.2) is 0 Å². The molecule has 0 saturated carbocycles. The number of hydrogen-bond donors (Lipinski definition) is 1. The minimum atomic E-state index is -0.962. The molecule has 0 atom stereocenters. The Kier molecular flexibility index (Phi) is 4.16. The third kappa shape index (κ3) is 3.57. The van der Waals surface area contributed by atoms with Gasteiger partial charge in [-0.25, -0.2) is 9.78 Å². The summed E-state index contributed by atoms with van der Waals surface area (Å²) in [5, 5.41) is 18.4. The number of rotatable bonds is 4. The van der Waals surface area contributed by atoms with Crippen LogP contribution in [-0.4, -0.2) is 16.1 Å². The summed E-state index contributed by atoms with van der Waals surface area (Å²) in [5.74, 6) is -0.318. The predicted octanol–water partition coefficient (Wildman–Crippen LogP) is 2.94. The average molecular weight is 270 g/mol. The topological polar surface area (TPSA) is 74.0 Å². The fourth-order valence-electron chi connectivity index (χ4n) is 1.51. The number of nitrogens with zero attached hydrogens (tertiary/aromatic N) is 2. The first-order chi connectivity index (χ1) is 9.19. The van der Waals surface area contributed by atoms with Crippen LogP contribution in [-0.2, 0) is 5.75 Å². The van der Waals surface area contributed by atoms with Crippen molar-refractivity contribution in [2.24, 2.45) is 0 Å². The number of carboxylic acids is 1. The molecule has 5 heteroatoms. The third-order valence-corrected chi connectivity index (χ3v) is 3.42. The molecule has 1 N–H and O–H groups in total. The lowest BCUT2D eigenvalue weighted by Crippen LogP contribution is -1.96. The van der Waals surface area contributed by atoms with E-state index in [0.29, 0.717) is 16.3 Å². The highest BCUT2D eigenvalue weighted by molar-refractivity contribution is 7.98. The second kappa shape index (κ2) is 6.03. The van der Waals surface area contributed by atoms with Gasteiger partial charge in [-0.3, -0.25) is 0 Å². The first-order valence-electron chi connectivity index (χ1n) is 5.50. The number of aromatic nitrogens is 1. The maximum Gasteiger partial charge on any atom is 0.335 e. The van der Waals surface area contributed by atoms with E-state index in [2.05, 4.69) is 11.1 Å². The summed E-state index contributed by atoms with van der Waals surface area (Å²) < 4.78 is 0. The van der Waals surface area contributed by atoms with Gasteiger partial charge in [0.25, 0.3) is 0 Å². The van der Waals surface area contributed by atoms with Crippen molar-refractivity contribution in [3.63, 3.8) is 0 Å². The number of thioether (sulfide) groups is 1. The highest BCUT2D eigenvalue weighted by Crippen LogP contribution is 2.21. The molecular formula is C14H10N2O2S. The van der Waals surface area contributed by atoms with Gasteiger partial charge in [-0.05, 0) is 29.8 Å². The van der Waals surface area contributed by atoms with E-state index in [-0.39, 0.29) is 5.56 Å². The van der Waals surface area contributed by atoms with Crippen LogP contribution in [0, 0.1) is 11.3 Å². The Hall–Kier alpha value is -2.32. The van der Waals surface area contributed by atoms with E-state index in [9.17, 15) is 4.79 Å². The fraction of sp³-hybridized carbons (Fsp3) is 0.0714. The molecule has 0 saturated heterocycles. The Morgan fingerprint density at radius 1 is 1.37 bits per heavy atom. The van der Waals surface area contributed by atoms with Crippen molar-refractivity contribution in [1.82, 2.24) is 4.98 Å².